The van der Waals surface area contributed by atoms with Gasteiger partial charge in [-0.15, -0.1) is 0 Å². The van der Waals surface area contributed by atoms with Gasteiger partial charge in [0.25, 0.3) is 5.56 Å². The normalized spacial score (nSPS) is 11.1. The molecule has 0 aliphatic rings. The molecule has 0 atom stereocenters. The second kappa shape index (κ2) is 7.80. The van der Waals surface area contributed by atoms with Gasteiger partial charge in [0.2, 0.25) is 0 Å². The second-order valence-electron chi connectivity index (χ2n) is 5.07. The SMILES string of the molecule is CCCCCCNCCn1ncc2ccccc2c1=O. The summed E-state index contributed by atoms with van der Waals surface area (Å²) in [6.45, 7) is 4.64. The molecule has 0 spiro atoms. The summed E-state index contributed by atoms with van der Waals surface area (Å²) in [5, 5.41) is 9.23. The number of unbranched alkanes of at least 4 members (excludes halogenated alkanes) is 3. The molecule has 0 bridgehead atoms. The first-order valence-corrected chi connectivity index (χ1v) is 7.48. The van der Waals surface area contributed by atoms with Gasteiger partial charge in [0.1, 0.15) is 0 Å². The first-order valence-electron chi connectivity index (χ1n) is 7.48. The lowest BCUT2D eigenvalue weighted by molar-refractivity contribution is 0.521. The molecular weight excluding hydrogens is 250 g/mol. The van der Waals surface area contributed by atoms with Crippen molar-refractivity contribution in [2.24, 2.45) is 0 Å². The number of nitrogens with one attached hydrogen (secondary N) is 1. The van der Waals surface area contributed by atoms with Crippen LogP contribution in [0.15, 0.2) is 35.3 Å². The highest BCUT2D eigenvalue weighted by Gasteiger charge is 2.02. The average Bonchev–Trinajstić information content (AvgIpc) is 2.49. The molecule has 0 radical (unpaired) electrons. The van der Waals surface area contributed by atoms with Crippen LogP contribution in [0.2, 0.25) is 0 Å². The van der Waals surface area contributed by atoms with Crippen LogP contribution in [0.3, 0.4) is 0 Å². The van der Waals surface area contributed by atoms with E-state index in [4.69, 9.17) is 0 Å². The predicted octanol–water partition coefficient (Wildman–Crippen LogP) is 2.57. The molecular formula is C16H23N3O. The van der Waals surface area contributed by atoms with Crippen molar-refractivity contribution in [3.05, 3.63) is 40.8 Å². The summed E-state index contributed by atoms with van der Waals surface area (Å²) in [5.41, 5.74) is -0.00381. The first kappa shape index (κ1) is 14.7. The smallest absolute Gasteiger partial charge is 0.274 e. The topological polar surface area (TPSA) is 46.9 Å². The van der Waals surface area contributed by atoms with Crippen LogP contribution in [0, 0.1) is 0 Å². The van der Waals surface area contributed by atoms with Crippen molar-refractivity contribution in [1.82, 2.24) is 15.1 Å². The molecule has 0 fully saturated rings. The number of fused-ring (bicyclic) bond motifs is 1. The van der Waals surface area contributed by atoms with E-state index in [1.54, 1.807) is 10.9 Å². The number of aromatic nitrogens is 2. The largest absolute Gasteiger partial charge is 0.315 e. The predicted molar refractivity (Wildman–Crippen MR) is 83.0 cm³/mol. The zero-order valence-electron chi connectivity index (χ0n) is 12.1. The molecule has 0 unspecified atom stereocenters. The lowest BCUT2D eigenvalue weighted by Gasteiger charge is -2.07. The Kier molecular flexibility index (Phi) is 5.74. The maximum absolute atomic E-state index is 12.2. The summed E-state index contributed by atoms with van der Waals surface area (Å²) >= 11 is 0. The number of hydrogen-bond acceptors (Lipinski definition) is 3. The Morgan fingerprint density at radius 1 is 1.15 bits per heavy atom. The van der Waals surface area contributed by atoms with Crippen LogP contribution in [0.4, 0.5) is 0 Å². The van der Waals surface area contributed by atoms with Gasteiger partial charge < -0.3 is 5.32 Å². The molecule has 108 valence electrons. The molecule has 20 heavy (non-hydrogen) atoms. The summed E-state index contributed by atoms with van der Waals surface area (Å²) in [6.07, 6.45) is 6.80. The zero-order chi connectivity index (χ0) is 14.2. The van der Waals surface area contributed by atoms with E-state index in [1.807, 2.05) is 24.3 Å². The number of hydrogen-bond donors (Lipinski definition) is 1. The fourth-order valence-corrected chi connectivity index (χ4v) is 2.27. The van der Waals surface area contributed by atoms with Gasteiger partial charge in [-0.1, -0.05) is 44.4 Å². The van der Waals surface area contributed by atoms with Gasteiger partial charge in [-0.3, -0.25) is 4.79 Å². The third-order valence-electron chi connectivity index (χ3n) is 3.47. The van der Waals surface area contributed by atoms with E-state index in [2.05, 4.69) is 17.3 Å². The molecule has 1 aromatic heterocycles. The summed E-state index contributed by atoms with van der Waals surface area (Å²) in [6, 6.07) is 7.58. The highest BCUT2D eigenvalue weighted by molar-refractivity contribution is 5.80. The standard InChI is InChI=1S/C16H23N3O/c1-2-3-4-7-10-17-11-12-19-16(20)15-9-6-5-8-14(15)13-18-19/h5-6,8-9,13,17H,2-4,7,10-12H2,1H3. The van der Waals surface area contributed by atoms with Gasteiger partial charge >= 0.3 is 0 Å². The Morgan fingerprint density at radius 3 is 2.85 bits per heavy atom. The Morgan fingerprint density at radius 2 is 2.00 bits per heavy atom. The maximum Gasteiger partial charge on any atom is 0.274 e. The highest BCUT2D eigenvalue weighted by Crippen LogP contribution is 2.06. The van der Waals surface area contributed by atoms with Crippen molar-refractivity contribution < 1.29 is 0 Å². The molecule has 1 N–H and O–H groups in total. The maximum atomic E-state index is 12.2. The van der Waals surface area contributed by atoms with Crippen LogP contribution >= 0.6 is 0 Å². The molecule has 2 aromatic rings. The van der Waals surface area contributed by atoms with Crippen LogP contribution in [0.1, 0.15) is 32.6 Å². The molecule has 2 rings (SSSR count). The van der Waals surface area contributed by atoms with E-state index in [-0.39, 0.29) is 5.56 Å². The first-order chi connectivity index (χ1) is 9.83. The lowest BCUT2D eigenvalue weighted by atomic mass is 10.2. The molecule has 4 heteroatoms. The van der Waals surface area contributed by atoms with Crippen LogP contribution in [-0.2, 0) is 6.54 Å². The molecule has 4 nitrogen and oxygen atoms in total. The van der Waals surface area contributed by atoms with Crippen molar-refractivity contribution in [2.75, 3.05) is 13.1 Å². The molecule has 0 aliphatic carbocycles. The minimum absolute atomic E-state index is 0.00381. The van der Waals surface area contributed by atoms with E-state index in [1.165, 1.54) is 25.7 Å². The van der Waals surface area contributed by atoms with Gasteiger partial charge in [0.05, 0.1) is 18.1 Å². The van der Waals surface area contributed by atoms with Crippen molar-refractivity contribution >= 4 is 10.8 Å². The summed E-state index contributed by atoms with van der Waals surface area (Å²) in [5.74, 6) is 0. The van der Waals surface area contributed by atoms with Gasteiger partial charge in [-0.2, -0.15) is 5.10 Å². The van der Waals surface area contributed by atoms with Crippen molar-refractivity contribution in [3.63, 3.8) is 0 Å². The van der Waals surface area contributed by atoms with Gasteiger partial charge in [-0.05, 0) is 19.0 Å². The molecule has 1 aromatic carbocycles. The van der Waals surface area contributed by atoms with E-state index in [0.29, 0.717) is 6.54 Å². The van der Waals surface area contributed by atoms with Crippen LogP contribution in [-0.4, -0.2) is 22.9 Å². The van der Waals surface area contributed by atoms with E-state index < -0.39 is 0 Å². The van der Waals surface area contributed by atoms with Crippen LogP contribution in [0.25, 0.3) is 10.8 Å². The summed E-state index contributed by atoms with van der Waals surface area (Å²) in [7, 11) is 0. The summed E-state index contributed by atoms with van der Waals surface area (Å²) < 4.78 is 1.54. The van der Waals surface area contributed by atoms with Crippen molar-refractivity contribution in [2.45, 2.75) is 39.2 Å². The highest BCUT2D eigenvalue weighted by atomic mass is 16.1. The Hall–Kier alpha value is -1.68. The van der Waals surface area contributed by atoms with Crippen LogP contribution in [0.5, 0.6) is 0 Å². The molecule has 0 saturated heterocycles. The zero-order valence-corrected chi connectivity index (χ0v) is 12.1. The molecule has 1 heterocycles. The van der Waals surface area contributed by atoms with E-state index >= 15 is 0 Å². The average molecular weight is 273 g/mol. The Balaban J connectivity index is 1.84. The third kappa shape index (κ3) is 3.90. The van der Waals surface area contributed by atoms with Crippen molar-refractivity contribution in [1.29, 1.82) is 0 Å². The lowest BCUT2D eigenvalue weighted by Crippen LogP contribution is -2.29. The molecule has 0 aliphatic heterocycles. The monoisotopic (exact) mass is 273 g/mol. The Bertz CT molecular complexity index is 592. The Labute approximate surface area is 119 Å². The quantitative estimate of drug-likeness (QED) is 0.752. The molecule has 0 amide bonds. The number of rotatable bonds is 8. The fourth-order valence-electron chi connectivity index (χ4n) is 2.27. The second-order valence-corrected chi connectivity index (χ2v) is 5.07. The van der Waals surface area contributed by atoms with Gasteiger partial charge in [0, 0.05) is 11.9 Å². The van der Waals surface area contributed by atoms with Gasteiger partial charge in [-0.25, -0.2) is 4.68 Å². The minimum atomic E-state index is -0.00381. The van der Waals surface area contributed by atoms with E-state index in [0.717, 1.165) is 23.9 Å². The summed E-state index contributed by atoms with van der Waals surface area (Å²) in [4.78, 5) is 12.2. The minimum Gasteiger partial charge on any atom is -0.315 e. The van der Waals surface area contributed by atoms with E-state index in [9.17, 15) is 4.79 Å². The van der Waals surface area contributed by atoms with Crippen molar-refractivity contribution in [3.8, 4) is 0 Å². The number of benzene rings is 1. The fraction of sp³-hybridized carbons (Fsp3) is 0.500. The van der Waals surface area contributed by atoms with Crippen LogP contribution < -0.4 is 10.9 Å². The molecule has 0 saturated carbocycles. The third-order valence-corrected chi connectivity index (χ3v) is 3.47. The van der Waals surface area contributed by atoms with Gasteiger partial charge in [0.15, 0.2) is 0 Å². The number of nitrogens with zero attached hydrogens (tertiary/aromatic N) is 2.